The highest BCUT2D eigenvalue weighted by atomic mass is 16.6. The normalized spacial score (nSPS) is 20.3. The SMILES string of the molecule is CC(O)OC(=O)N1CCOCC1. The van der Waals surface area contributed by atoms with Gasteiger partial charge in [0.2, 0.25) is 0 Å². The van der Waals surface area contributed by atoms with Crippen molar-refractivity contribution in [3.8, 4) is 0 Å². The van der Waals surface area contributed by atoms with Gasteiger partial charge in [-0.2, -0.15) is 0 Å². The first-order chi connectivity index (χ1) is 5.70. The molecular weight excluding hydrogens is 162 g/mol. The molecule has 0 aromatic heterocycles. The van der Waals surface area contributed by atoms with E-state index in [-0.39, 0.29) is 0 Å². The van der Waals surface area contributed by atoms with Crippen LogP contribution in [0.25, 0.3) is 0 Å². The van der Waals surface area contributed by atoms with Crippen molar-refractivity contribution in [2.45, 2.75) is 13.2 Å². The molecule has 1 heterocycles. The van der Waals surface area contributed by atoms with Gasteiger partial charge in [0, 0.05) is 13.1 Å². The zero-order chi connectivity index (χ0) is 8.97. The molecule has 1 saturated heterocycles. The Kier molecular flexibility index (Phi) is 3.31. The van der Waals surface area contributed by atoms with Crippen LogP contribution in [0.15, 0.2) is 0 Å². The summed E-state index contributed by atoms with van der Waals surface area (Å²) in [7, 11) is 0. The summed E-state index contributed by atoms with van der Waals surface area (Å²) in [5.41, 5.74) is 0. The zero-order valence-corrected chi connectivity index (χ0v) is 7.02. The average molecular weight is 175 g/mol. The summed E-state index contributed by atoms with van der Waals surface area (Å²) in [6, 6.07) is 0. The molecule has 0 spiro atoms. The number of aliphatic hydroxyl groups excluding tert-OH is 1. The molecule has 12 heavy (non-hydrogen) atoms. The number of morpholine rings is 1. The molecule has 0 aromatic carbocycles. The summed E-state index contributed by atoms with van der Waals surface area (Å²) in [6.45, 7) is 3.54. The second-order valence-corrected chi connectivity index (χ2v) is 2.58. The molecule has 1 amide bonds. The molecule has 1 unspecified atom stereocenters. The van der Waals surface area contributed by atoms with E-state index in [4.69, 9.17) is 9.84 Å². The van der Waals surface area contributed by atoms with Crippen molar-refractivity contribution in [1.29, 1.82) is 0 Å². The lowest BCUT2D eigenvalue weighted by atomic mass is 10.5. The molecule has 70 valence electrons. The van der Waals surface area contributed by atoms with Crippen LogP contribution in [0.4, 0.5) is 4.79 Å². The van der Waals surface area contributed by atoms with E-state index in [1.165, 1.54) is 11.8 Å². The van der Waals surface area contributed by atoms with Crippen molar-refractivity contribution in [3.63, 3.8) is 0 Å². The predicted molar refractivity (Wildman–Crippen MR) is 40.6 cm³/mol. The molecule has 5 nitrogen and oxygen atoms in total. The minimum Gasteiger partial charge on any atom is -0.420 e. The third-order valence-electron chi connectivity index (χ3n) is 1.54. The highest BCUT2D eigenvalue weighted by Gasteiger charge is 2.18. The van der Waals surface area contributed by atoms with Gasteiger partial charge in [0.25, 0.3) is 0 Å². The molecule has 1 aliphatic rings. The van der Waals surface area contributed by atoms with E-state index in [1.54, 1.807) is 0 Å². The average Bonchev–Trinajstić information content (AvgIpc) is 2.05. The number of ether oxygens (including phenoxy) is 2. The first kappa shape index (κ1) is 9.28. The number of carbonyl (C=O) groups excluding carboxylic acids is 1. The third kappa shape index (κ3) is 2.67. The lowest BCUT2D eigenvalue weighted by Gasteiger charge is -2.26. The number of aliphatic hydroxyl groups is 1. The van der Waals surface area contributed by atoms with Gasteiger partial charge >= 0.3 is 6.09 Å². The van der Waals surface area contributed by atoms with Gasteiger partial charge in [-0.15, -0.1) is 0 Å². The number of hydrogen-bond acceptors (Lipinski definition) is 4. The Balaban J connectivity index is 2.30. The van der Waals surface area contributed by atoms with Crippen LogP contribution in [-0.2, 0) is 9.47 Å². The highest BCUT2D eigenvalue weighted by molar-refractivity contribution is 5.67. The second-order valence-electron chi connectivity index (χ2n) is 2.58. The molecule has 1 aliphatic heterocycles. The molecular formula is C7H13NO4. The predicted octanol–water partition coefficient (Wildman–Crippen LogP) is -0.207. The summed E-state index contributed by atoms with van der Waals surface area (Å²) < 4.78 is 9.62. The molecule has 1 rings (SSSR count). The van der Waals surface area contributed by atoms with E-state index < -0.39 is 12.4 Å². The van der Waals surface area contributed by atoms with Gasteiger partial charge < -0.3 is 19.5 Å². The van der Waals surface area contributed by atoms with Gasteiger partial charge in [-0.1, -0.05) is 0 Å². The van der Waals surface area contributed by atoms with Crippen LogP contribution >= 0.6 is 0 Å². The fraction of sp³-hybridized carbons (Fsp3) is 0.857. The van der Waals surface area contributed by atoms with E-state index >= 15 is 0 Å². The van der Waals surface area contributed by atoms with Gasteiger partial charge in [-0.25, -0.2) is 4.79 Å². The van der Waals surface area contributed by atoms with Crippen LogP contribution in [0, 0.1) is 0 Å². The number of carbonyl (C=O) groups is 1. The first-order valence-electron chi connectivity index (χ1n) is 3.91. The van der Waals surface area contributed by atoms with Crippen LogP contribution in [0.1, 0.15) is 6.92 Å². The van der Waals surface area contributed by atoms with Crippen molar-refractivity contribution in [3.05, 3.63) is 0 Å². The lowest BCUT2D eigenvalue weighted by Crippen LogP contribution is -2.42. The second kappa shape index (κ2) is 4.27. The minimum absolute atomic E-state index is 0.478. The van der Waals surface area contributed by atoms with Crippen LogP contribution in [0.2, 0.25) is 0 Å². The van der Waals surface area contributed by atoms with Crippen molar-refractivity contribution in [1.82, 2.24) is 4.90 Å². The molecule has 0 bridgehead atoms. The molecule has 0 saturated carbocycles. The van der Waals surface area contributed by atoms with Gasteiger partial charge in [-0.05, 0) is 6.92 Å². The molecule has 0 radical (unpaired) electrons. The molecule has 5 heteroatoms. The summed E-state index contributed by atoms with van der Waals surface area (Å²) in [5.74, 6) is 0. The van der Waals surface area contributed by atoms with E-state index in [0.29, 0.717) is 26.3 Å². The quantitative estimate of drug-likeness (QED) is 0.560. The van der Waals surface area contributed by atoms with Crippen LogP contribution < -0.4 is 0 Å². The Morgan fingerprint density at radius 1 is 1.58 bits per heavy atom. The van der Waals surface area contributed by atoms with Crippen molar-refractivity contribution >= 4 is 6.09 Å². The Labute approximate surface area is 70.9 Å². The van der Waals surface area contributed by atoms with Crippen molar-refractivity contribution in [2.24, 2.45) is 0 Å². The maximum Gasteiger partial charge on any atom is 0.412 e. The zero-order valence-electron chi connectivity index (χ0n) is 7.02. The van der Waals surface area contributed by atoms with Crippen LogP contribution in [-0.4, -0.2) is 48.7 Å². The van der Waals surface area contributed by atoms with Gasteiger partial charge in [0.1, 0.15) is 0 Å². The smallest absolute Gasteiger partial charge is 0.412 e. The number of amides is 1. The Bertz CT molecular complexity index is 153. The van der Waals surface area contributed by atoms with E-state index in [2.05, 4.69) is 4.74 Å². The molecule has 0 aromatic rings. The standard InChI is InChI=1S/C7H13NO4/c1-6(9)12-7(10)8-2-4-11-5-3-8/h6,9H,2-5H2,1H3. The van der Waals surface area contributed by atoms with E-state index in [1.807, 2.05) is 0 Å². The largest absolute Gasteiger partial charge is 0.420 e. The third-order valence-corrected chi connectivity index (χ3v) is 1.54. The summed E-state index contributed by atoms with van der Waals surface area (Å²) in [5, 5.41) is 8.75. The maximum atomic E-state index is 11.1. The summed E-state index contributed by atoms with van der Waals surface area (Å²) in [6.07, 6.45) is -1.52. The number of nitrogens with zero attached hydrogens (tertiary/aromatic N) is 1. The number of hydrogen-bond donors (Lipinski definition) is 1. The first-order valence-corrected chi connectivity index (χ1v) is 3.91. The van der Waals surface area contributed by atoms with Gasteiger partial charge in [-0.3, -0.25) is 0 Å². The number of rotatable bonds is 1. The van der Waals surface area contributed by atoms with Gasteiger partial charge in [0.15, 0.2) is 6.29 Å². The van der Waals surface area contributed by atoms with E-state index in [0.717, 1.165) is 0 Å². The van der Waals surface area contributed by atoms with Crippen molar-refractivity contribution < 1.29 is 19.4 Å². The van der Waals surface area contributed by atoms with Crippen LogP contribution in [0.3, 0.4) is 0 Å². The van der Waals surface area contributed by atoms with E-state index in [9.17, 15) is 4.79 Å². The topological polar surface area (TPSA) is 59.0 Å². The van der Waals surface area contributed by atoms with Crippen molar-refractivity contribution in [2.75, 3.05) is 26.3 Å². The molecule has 1 atom stereocenters. The molecule has 0 aliphatic carbocycles. The minimum atomic E-state index is -1.04. The molecule has 1 fully saturated rings. The Hall–Kier alpha value is -0.810. The fourth-order valence-electron chi connectivity index (χ4n) is 0.966. The highest BCUT2D eigenvalue weighted by Crippen LogP contribution is 2.00. The lowest BCUT2D eigenvalue weighted by molar-refractivity contribution is -0.0603. The summed E-state index contributed by atoms with van der Waals surface area (Å²) >= 11 is 0. The van der Waals surface area contributed by atoms with Gasteiger partial charge in [0.05, 0.1) is 13.2 Å². The monoisotopic (exact) mass is 175 g/mol. The Morgan fingerprint density at radius 3 is 2.67 bits per heavy atom. The molecule has 1 N–H and O–H groups in total. The fourth-order valence-corrected chi connectivity index (χ4v) is 0.966. The maximum absolute atomic E-state index is 11.1. The summed E-state index contributed by atoms with van der Waals surface area (Å²) in [4.78, 5) is 12.6. The van der Waals surface area contributed by atoms with Crippen LogP contribution in [0.5, 0.6) is 0 Å². The Morgan fingerprint density at radius 2 is 2.17 bits per heavy atom.